The number of hydrogen-bond donors (Lipinski definition) is 3. The molecule has 1 heterocycles. The Kier molecular flexibility index (Phi) is 5.24. The van der Waals surface area contributed by atoms with Gasteiger partial charge >= 0.3 is 0 Å². The monoisotopic (exact) mass is 275 g/mol. The molecule has 2 rings (SSSR count). The van der Waals surface area contributed by atoms with Gasteiger partial charge in [0, 0.05) is 0 Å². The third-order valence-electron chi connectivity index (χ3n) is 2.41. The van der Waals surface area contributed by atoms with E-state index >= 15 is 0 Å². The Morgan fingerprint density at radius 2 is 1.83 bits per heavy atom. The summed E-state index contributed by atoms with van der Waals surface area (Å²) in [5.41, 5.74) is 6.26. The van der Waals surface area contributed by atoms with Gasteiger partial charge in [0.1, 0.15) is 0 Å². The first-order valence-electron chi connectivity index (χ1n) is 5.36. The van der Waals surface area contributed by atoms with Crippen molar-refractivity contribution in [1.29, 1.82) is 0 Å². The van der Waals surface area contributed by atoms with Gasteiger partial charge in [0.25, 0.3) is 10.1 Å². The van der Waals surface area contributed by atoms with Gasteiger partial charge in [-0.15, -0.1) is 0 Å². The number of hydrogen-bond acceptors (Lipinski definition) is 5. The topological polar surface area (TPSA) is 110 Å². The van der Waals surface area contributed by atoms with E-state index in [1.54, 1.807) is 12.1 Å². The SMILES string of the molecule is Cc1ccc(S(=O)(=O)O)cc1.N[C@@H]1COC[C@H]1O. The average Bonchev–Trinajstić information content (AvgIpc) is 2.63. The molecule has 2 atom stereocenters. The van der Waals surface area contributed by atoms with E-state index < -0.39 is 16.2 Å². The highest BCUT2D eigenvalue weighted by atomic mass is 32.2. The molecule has 0 aromatic heterocycles. The molecule has 1 aliphatic heterocycles. The molecule has 1 fully saturated rings. The molecule has 0 bridgehead atoms. The lowest BCUT2D eigenvalue weighted by Crippen LogP contribution is -2.32. The number of nitrogens with two attached hydrogens (primary N) is 1. The molecule has 4 N–H and O–H groups in total. The average molecular weight is 275 g/mol. The summed E-state index contributed by atoms with van der Waals surface area (Å²) in [6.07, 6.45) is -0.431. The van der Waals surface area contributed by atoms with Crippen LogP contribution in [-0.4, -0.2) is 43.4 Å². The summed E-state index contributed by atoms with van der Waals surface area (Å²) >= 11 is 0. The minimum Gasteiger partial charge on any atom is -0.389 e. The third-order valence-corrected chi connectivity index (χ3v) is 3.28. The van der Waals surface area contributed by atoms with E-state index in [4.69, 9.17) is 20.1 Å². The van der Waals surface area contributed by atoms with E-state index in [1.807, 2.05) is 6.92 Å². The van der Waals surface area contributed by atoms with Gasteiger partial charge in [0.2, 0.25) is 0 Å². The summed E-state index contributed by atoms with van der Waals surface area (Å²) in [6.45, 7) is 2.75. The maximum atomic E-state index is 10.5. The van der Waals surface area contributed by atoms with Crippen LogP contribution < -0.4 is 5.73 Å². The second kappa shape index (κ2) is 6.26. The second-order valence-corrected chi connectivity index (χ2v) is 5.48. The van der Waals surface area contributed by atoms with Crippen molar-refractivity contribution in [2.75, 3.05) is 13.2 Å². The van der Waals surface area contributed by atoms with Gasteiger partial charge in [-0.1, -0.05) is 17.7 Å². The summed E-state index contributed by atoms with van der Waals surface area (Å²) < 4.78 is 34.3. The summed E-state index contributed by atoms with van der Waals surface area (Å²) in [6, 6.07) is 5.83. The molecule has 18 heavy (non-hydrogen) atoms. The maximum Gasteiger partial charge on any atom is 0.294 e. The normalized spacial score (nSPS) is 23.3. The van der Waals surface area contributed by atoms with Crippen molar-refractivity contribution in [2.24, 2.45) is 5.73 Å². The number of benzene rings is 1. The summed E-state index contributed by atoms with van der Waals surface area (Å²) in [7, 11) is -4.02. The van der Waals surface area contributed by atoms with Gasteiger partial charge in [0.05, 0.1) is 30.3 Å². The van der Waals surface area contributed by atoms with Crippen LogP contribution in [0, 0.1) is 6.92 Å². The van der Waals surface area contributed by atoms with Crippen molar-refractivity contribution >= 4 is 10.1 Å². The number of aliphatic hydroxyl groups excluding tert-OH is 1. The molecule has 1 aromatic carbocycles. The molecule has 0 radical (unpaired) electrons. The maximum absolute atomic E-state index is 10.5. The van der Waals surface area contributed by atoms with Gasteiger partial charge in [0.15, 0.2) is 0 Å². The molecule has 0 amide bonds. The molecule has 1 saturated heterocycles. The fraction of sp³-hybridized carbons (Fsp3) is 0.455. The molecular weight excluding hydrogens is 258 g/mol. The first-order valence-corrected chi connectivity index (χ1v) is 6.80. The highest BCUT2D eigenvalue weighted by Crippen LogP contribution is 2.08. The molecule has 0 unspecified atom stereocenters. The molecule has 0 aliphatic carbocycles. The van der Waals surface area contributed by atoms with Crippen LogP contribution in [0.3, 0.4) is 0 Å². The Bertz CT molecular complexity index is 463. The van der Waals surface area contributed by atoms with Gasteiger partial charge in [-0.2, -0.15) is 8.42 Å². The zero-order valence-electron chi connectivity index (χ0n) is 9.98. The standard InChI is InChI=1S/C7H8O3S.C4H9NO2/c1-6-2-4-7(5-3-6)11(8,9)10;5-3-1-7-2-4(3)6/h2-5H,1H3,(H,8,9,10);3-4,6H,1-2,5H2/t;3-,4-/m.1/s1. The van der Waals surface area contributed by atoms with E-state index in [0.717, 1.165) is 5.56 Å². The summed E-state index contributed by atoms with van der Waals surface area (Å²) in [4.78, 5) is -0.0666. The largest absolute Gasteiger partial charge is 0.389 e. The van der Waals surface area contributed by atoms with Crippen molar-refractivity contribution in [3.8, 4) is 0 Å². The van der Waals surface area contributed by atoms with Crippen LogP contribution in [0.5, 0.6) is 0 Å². The van der Waals surface area contributed by atoms with E-state index in [2.05, 4.69) is 0 Å². The molecule has 1 aliphatic rings. The number of aryl methyl sites for hydroxylation is 1. The smallest absolute Gasteiger partial charge is 0.294 e. The molecular formula is C11H17NO5S. The Balaban J connectivity index is 0.000000199. The van der Waals surface area contributed by atoms with Crippen molar-refractivity contribution in [2.45, 2.75) is 24.0 Å². The molecule has 1 aromatic rings. The number of aliphatic hydroxyl groups is 1. The Morgan fingerprint density at radius 1 is 1.28 bits per heavy atom. The quantitative estimate of drug-likeness (QED) is 0.620. The van der Waals surface area contributed by atoms with E-state index in [9.17, 15) is 8.42 Å². The third kappa shape index (κ3) is 4.71. The Labute approximate surface area is 106 Å². The first kappa shape index (κ1) is 15.1. The van der Waals surface area contributed by atoms with Crippen LogP contribution in [0.15, 0.2) is 29.2 Å². The highest BCUT2D eigenvalue weighted by molar-refractivity contribution is 7.85. The number of ether oxygens (including phenoxy) is 1. The number of rotatable bonds is 1. The summed E-state index contributed by atoms with van der Waals surface area (Å²) in [5.74, 6) is 0. The molecule has 0 saturated carbocycles. The highest BCUT2D eigenvalue weighted by Gasteiger charge is 2.21. The van der Waals surface area contributed by atoms with E-state index in [1.165, 1.54) is 12.1 Å². The fourth-order valence-electron chi connectivity index (χ4n) is 1.27. The molecule has 7 heteroatoms. The molecule has 0 spiro atoms. The van der Waals surface area contributed by atoms with Gasteiger partial charge in [-0.05, 0) is 19.1 Å². The second-order valence-electron chi connectivity index (χ2n) is 4.06. The van der Waals surface area contributed by atoms with Gasteiger partial charge < -0.3 is 15.6 Å². The van der Waals surface area contributed by atoms with E-state index in [-0.39, 0.29) is 10.9 Å². The minimum absolute atomic E-state index is 0.0666. The lowest BCUT2D eigenvalue weighted by Gasteiger charge is -2.01. The predicted octanol–water partition coefficient (Wildman–Crippen LogP) is -0.0535. The van der Waals surface area contributed by atoms with Crippen molar-refractivity contribution in [1.82, 2.24) is 0 Å². The lowest BCUT2D eigenvalue weighted by molar-refractivity contribution is 0.125. The van der Waals surface area contributed by atoms with Crippen LogP contribution in [0.4, 0.5) is 0 Å². The van der Waals surface area contributed by atoms with Crippen LogP contribution >= 0.6 is 0 Å². The van der Waals surface area contributed by atoms with Crippen molar-refractivity contribution in [3.63, 3.8) is 0 Å². The van der Waals surface area contributed by atoms with Crippen LogP contribution in [0.2, 0.25) is 0 Å². The van der Waals surface area contributed by atoms with Gasteiger partial charge in [-0.3, -0.25) is 4.55 Å². The first-order chi connectivity index (χ1) is 8.30. The van der Waals surface area contributed by atoms with Crippen LogP contribution in [-0.2, 0) is 14.9 Å². The zero-order valence-corrected chi connectivity index (χ0v) is 10.8. The van der Waals surface area contributed by atoms with E-state index in [0.29, 0.717) is 13.2 Å². The summed E-state index contributed by atoms with van der Waals surface area (Å²) in [5, 5.41) is 8.75. The zero-order chi connectivity index (χ0) is 13.8. The lowest BCUT2D eigenvalue weighted by atomic mass is 10.2. The van der Waals surface area contributed by atoms with Crippen LogP contribution in [0.25, 0.3) is 0 Å². The Hall–Kier alpha value is -0.990. The van der Waals surface area contributed by atoms with Crippen molar-refractivity contribution < 1.29 is 22.8 Å². The fourth-order valence-corrected chi connectivity index (χ4v) is 1.75. The van der Waals surface area contributed by atoms with Crippen molar-refractivity contribution in [3.05, 3.63) is 29.8 Å². The Morgan fingerprint density at radius 3 is 2.11 bits per heavy atom. The predicted molar refractivity (Wildman–Crippen MR) is 65.8 cm³/mol. The molecule has 6 nitrogen and oxygen atoms in total. The van der Waals surface area contributed by atoms with Gasteiger partial charge in [-0.25, -0.2) is 0 Å². The van der Waals surface area contributed by atoms with Crippen LogP contribution in [0.1, 0.15) is 5.56 Å². The molecule has 102 valence electrons. The minimum atomic E-state index is -4.02.